The first-order chi connectivity index (χ1) is 12.6. The van der Waals surface area contributed by atoms with Crippen LogP contribution in [0.25, 0.3) is 0 Å². The number of aliphatic hydroxyl groups is 1. The van der Waals surface area contributed by atoms with E-state index in [1.165, 1.54) is 25.7 Å². The summed E-state index contributed by atoms with van der Waals surface area (Å²) in [6.45, 7) is 6.27. The van der Waals surface area contributed by atoms with E-state index in [9.17, 15) is 5.11 Å². The minimum absolute atomic E-state index is 0.362. The molecule has 0 bridgehead atoms. The molecule has 0 amide bonds. The fourth-order valence-electron chi connectivity index (χ4n) is 3.22. The van der Waals surface area contributed by atoms with E-state index in [0.29, 0.717) is 23.5 Å². The highest BCUT2D eigenvalue weighted by atomic mass is 16.5. The predicted molar refractivity (Wildman–Crippen MR) is 105 cm³/mol. The van der Waals surface area contributed by atoms with Crippen LogP contribution >= 0.6 is 0 Å². The zero-order valence-electron chi connectivity index (χ0n) is 16.5. The largest absolute Gasteiger partial charge is 0.497 e. The molecular formula is C20H33N3O3. The molecule has 0 radical (unpaired) electrons. The summed E-state index contributed by atoms with van der Waals surface area (Å²) in [5.41, 5.74) is 1.12. The van der Waals surface area contributed by atoms with Crippen LogP contribution in [0.3, 0.4) is 0 Å². The van der Waals surface area contributed by atoms with E-state index < -0.39 is 6.10 Å². The quantitative estimate of drug-likeness (QED) is 0.465. The molecule has 26 heavy (non-hydrogen) atoms. The Morgan fingerprint density at radius 1 is 1.15 bits per heavy atom. The third-order valence-corrected chi connectivity index (χ3v) is 5.30. The number of guanidine groups is 1. The first-order valence-corrected chi connectivity index (χ1v) is 9.49. The van der Waals surface area contributed by atoms with Gasteiger partial charge in [0.15, 0.2) is 5.96 Å². The van der Waals surface area contributed by atoms with Crippen LogP contribution in [-0.2, 0) is 0 Å². The molecule has 1 atom stereocenters. The van der Waals surface area contributed by atoms with Crippen molar-refractivity contribution in [2.24, 2.45) is 10.4 Å². The molecule has 6 heteroatoms. The van der Waals surface area contributed by atoms with Crippen LogP contribution in [0.4, 0.5) is 0 Å². The lowest BCUT2D eigenvalue weighted by atomic mass is 9.67. The minimum Gasteiger partial charge on any atom is -0.497 e. The van der Waals surface area contributed by atoms with Crippen LogP contribution in [0, 0.1) is 5.41 Å². The molecule has 0 aromatic heterocycles. The van der Waals surface area contributed by atoms with Gasteiger partial charge in [-0.25, -0.2) is 0 Å². The molecule has 0 aliphatic heterocycles. The topological polar surface area (TPSA) is 75.1 Å². The summed E-state index contributed by atoms with van der Waals surface area (Å²) in [4.78, 5) is 4.75. The average molecular weight is 364 g/mol. The lowest BCUT2D eigenvalue weighted by Crippen LogP contribution is -2.41. The molecule has 1 aliphatic carbocycles. The van der Waals surface area contributed by atoms with Gasteiger partial charge in [-0.1, -0.05) is 13.3 Å². The van der Waals surface area contributed by atoms with E-state index in [1.54, 1.807) is 20.3 Å². The van der Waals surface area contributed by atoms with E-state index in [-0.39, 0.29) is 0 Å². The van der Waals surface area contributed by atoms with Gasteiger partial charge in [-0.2, -0.15) is 0 Å². The summed E-state index contributed by atoms with van der Waals surface area (Å²) in [7, 11) is 3.20. The van der Waals surface area contributed by atoms with Gasteiger partial charge >= 0.3 is 0 Å². The lowest BCUT2D eigenvalue weighted by molar-refractivity contribution is 0.139. The second-order valence-corrected chi connectivity index (χ2v) is 6.94. The molecule has 3 N–H and O–H groups in total. The molecule has 1 aromatic rings. The number of nitrogens with zero attached hydrogens (tertiary/aromatic N) is 1. The molecule has 146 valence electrons. The Hall–Kier alpha value is -1.95. The highest BCUT2D eigenvalue weighted by molar-refractivity contribution is 5.79. The molecule has 1 fully saturated rings. The van der Waals surface area contributed by atoms with Gasteiger partial charge < -0.3 is 25.2 Å². The van der Waals surface area contributed by atoms with Crippen molar-refractivity contribution in [1.82, 2.24) is 10.6 Å². The zero-order valence-corrected chi connectivity index (χ0v) is 16.5. The van der Waals surface area contributed by atoms with Gasteiger partial charge in [-0.15, -0.1) is 0 Å². The van der Waals surface area contributed by atoms with Crippen LogP contribution < -0.4 is 20.1 Å². The average Bonchev–Trinajstić information content (AvgIpc) is 2.64. The summed E-state index contributed by atoms with van der Waals surface area (Å²) >= 11 is 0. The number of nitrogens with one attached hydrogen (secondary N) is 2. The van der Waals surface area contributed by atoms with E-state index >= 15 is 0 Å². The molecule has 1 aromatic carbocycles. The molecule has 6 nitrogen and oxygen atoms in total. The van der Waals surface area contributed by atoms with Crippen LogP contribution in [0.15, 0.2) is 23.2 Å². The highest BCUT2D eigenvalue weighted by Crippen LogP contribution is 2.43. The number of ether oxygens (including phenoxy) is 2. The Balaban J connectivity index is 1.99. The number of methoxy groups -OCH3 is 2. The van der Waals surface area contributed by atoms with Crippen molar-refractivity contribution in [1.29, 1.82) is 0 Å². The molecule has 1 aliphatic rings. The Labute approximate surface area is 157 Å². The second kappa shape index (κ2) is 9.67. The Kier molecular flexibility index (Phi) is 7.57. The Bertz CT molecular complexity index is 572. The first-order valence-electron chi connectivity index (χ1n) is 9.49. The third kappa shape index (κ3) is 5.27. The summed E-state index contributed by atoms with van der Waals surface area (Å²) < 4.78 is 10.5. The maximum Gasteiger partial charge on any atom is 0.191 e. The van der Waals surface area contributed by atoms with E-state index in [0.717, 1.165) is 24.6 Å². The number of benzene rings is 1. The van der Waals surface area contributed by atoms with Crippen LogP contribution in [-0.4, -0.2) is 44.9 Å². The van der Waals surface area contributed by atoms with Gasteiger partial charge in [0.05, 0.1) is 20.3 Å². The SMILES string of the molecule is CCNC(=NCC1(CC)CCC1)NCC(O)c1cc(OC)cc(OC)c1. The smallest absolute Gasteiger partial charge is 0.191 e. The molecule has 0 spiro atoms. The molecule has 1 unspecified atom stereocenters. The summed E-state index contributed by atoms with van der Waals surface area (Å²) in [6, 6.07) is 5.43. The maximum atomic E-state index is 10.6. The fourth-order valence-corrected chi connectivity index (χ4v) is 3.22. The second-order valence-electron chi connectivity index (χ2n) is 6.94. The van der Waals surface area contributed by atoms with Gasteiger partial charge in [0, 0.05) is 25.7 Å². The number of hydrogen-bond donors (Lipinski definition) is 3. The molecule has 0 heterocycles. The van der Waals surface area contributed by atoms with Crippen LogP contribution in [0.1, 0.15) is 51.2 Å². The van der Waals surface area contributed by atoms with Crippen molar-refractivity contribution in [3.05, 3.63) is 23.8 Å². The predicted octanol–water partition coefficient (Wildman–Crippen LogP) is 2.87. The Morgan fingerprint density at radius 2 is 1.81 bits per heavy atom. The number of aliphatic hydroxyl groups excluding tert-OH is 1. The van der Waals surface area contributed by atoms with Crippen LogP contribution in [0.5, 0.6) is 11.5 Å². The van der Waals surface area contributed by atoms with Crippen molar-refractivity contribution < 1.29 is 14.6 Å². The molecular weight excluding hydrogens is 330 g/mol. The van der Waals surface area contributed by atoms with Crippen molar-refractivity contribution in [2.75, 3.05) is 33.9 Å². The zero-order chi connectivity index (χ0) is 19.0. The standard InChI is InChI=1S/C20H33N3O3/c1-5-20(8-7-9-20)14-23-19(21-6-2)22-13-18(24)15-10-16(25-3)12-17(11-15)26-4/h10-12,18,24H,5-9,13-14H2,1-4H3,(H2,21,22,23). The lowest BCUT2D eigenvalue weighted by Gasteiger charge is -2.40. The molecule has 0 saturated heterocycles. The normalized spacial score (nSPS) is 17.2. The van der Waals surface area contributed by atoms with Crippen molar-refractivity contribution >= 4 is 5.96 Å². The maximum absolute atomic E-state index is 10.6. The van der Waals surface area contributed by atoms with Gasteiger partial charge in [0.2, 0.25) is 0 Å². The minimum atomic E-state index is -0.688. The highest BCUT2D eigenvalue weighted by Gasteiger charge is 2.34. The number of aliphatic imine (C=N–C) groups is 1. The summed E-state index contributed by atoms with van der Waals surface area (Å²) in [6.07, 6.45) is 4.31. The number of rotatable bonds is 9. The monoisotopic (exact) mass is 363 g/mol. The molecule has 1 saturated carbocycles. The fraction of sp³-hybridized carbons (Fsp3) is 0.650. The van der Waals surface area contributed by atoms with E-state index in [1.807, 2.05) is 19.1 Å². The third-order valence-electron chi connectivity index (χ3n) is 5.30. The summed E-state index contributed by atoms with van der Waals surface area (Å²) in [5.74, 6) is 2.07. The molecule has 2 rings (SSSR count). The van der Waals surface area contributed by atoms with Crippen molar-refractivity contribution in [3.8, 4) is 11.5 Å². The first kappa shape index (κ1) is 20.4. The van der Waals surface area contributed by atoms with Gasteiger partial charge in [0.1, 0.15) is 11.5 Å². The Morgan fingerprint density at radius 3 is 2.27 bits per heavy atom. The number of hydrogen-bond acceptors (Lipinski definition) is 4. The van der Waals surface area contributed by atoms with E-state index in [2.05, 4.69) is 17.6 Å². The van der Waals surface area contributed by atoms with Gasteiger partial charge in [-0.3, -0.25) is 4.99 Å². The van der Waals surface area contributed by atoms with Gasteiger partial charge in [0.25, 0.3) is 0 Å². The summed E-state index contributed by atoms with van der Waals surface area (Å²) in [5, 5.41) is 17.1. The van der Waals surface area contributed by atoms with Crippen molar-refractivity contribution in [2.45, 2.75) is 45.6 Å². The van der Waals surface area contributed by atoms with E-state index in [4.69, 9.17) is 14.5 Å². The van der Waals surface area contributed by atoms with Crippen LogP contribution in [0.2, 0.25) is 0 Å². The van der Waals surface area contributed by atoms with Gasteiger partial charge in [-0.05, 0) is 49.3 Å². The van der Waals surface area contributed by atoms with Crippen molar-refractivity contribution in [3.63, 3.8) is 0 Å².